The van der Waals surface area contributed by atoms with Crippen molar-refractivity contribution in [2.75, 3.05) is 17.7 Å². The molecule has 0 saturated carbocycles. The normalized spacial score (nSPS) is 11.0. The number of urea groups is 1. The molecule has 6 N–H and O–H groups in total. The van der Waals surface area contributed by atoms with Crippen molar-refractivity contribution in [2.24, 2.45) is 0 Å². The highest BCUT2D eigenvalue weighted by Crippen LogP contribution is 2.40. The van der Waals surface area contributed by atoms with E-state index in [9.17, 15) is 53.2 Å². The number of fused-ring (bicyclic) bond motifs is 1. The van der Waals surface area contributed by atoms with Gasteiger partial charge in [-0.15, -0.1) is 22.7 Å². The molecule has 18 heteroatoms. The summed E-state index contributed by atoms with van der Waals surface area (Å²) in [4.78, 5) is 63.1. The van der Waals surface area contributed by atoms with Gasteiger partial charge in [-0.2, -0.15) is 0 Å². The maximum absolute atomic E-state index is 14.9. The lowest BCUT2D eigenvalue weighted by Crippen LogP contribution is -2.28. The molecule has 0 spiro atoms. The van der Waals surface area contributed by atoms with Crippen LogP contribution >= 0.6 is 22.7 Å². The van der Waals surface area contributed by atoms with Gasteiger partial charge in [-0.1, -0.05) is 6.07 Å². The highest BCUT2D eigenvalue weighted by atomic mass is 32.1. The largest absolute Gasteiger partial charge is 0.493 e. The average Bonchev–Trinajstić information content (AvgIpc) is 3.58. The molecule has 230 valence electrons. The molecule has 2 amide bonds. The number of carbonyl (C=O) groups is 5. The number of nitrogens with one attached hydrogen (secondary N) is 2. The summed E-state index contributed by atoms with van der Waals surface area (Å²) >= 11 is 1.49. The number of carboxylic acids is 4. The molecule has 0 aliphatic heterocycles. The zero-order valence-corrected chi connectivity index (χ0v) is 23.6. The first kappa shape index (κ1) is 31.6. The Morgan fingerprint density at radius 1 is 0.864 bits per heavy atom. The first-order valence-corrected chi connectivity index (χ1v) is 13.7. The number of ether oxygens (including phenoxy) is 2. The molecule has 2 aromatic heterocycles. The van der Waals surface area contributed by atoms with Gasteiger partial charge in [0.15, 0.2) is 29.2 Å². The number of halogens is 2. The Morgan fingerprint density at radius 2 is 1.50 bits per heavy atom. The average molecular weight is 652 g/mol. The van der Waals surface area contributed by atoms with Gasteiger partial charge in [0.05, 0.1) is 34.2 Å². The van der Waals surface area contributed by atoms with E-state index in [1.165, 1.54) is 24.8 Å². The minimum Gasteiger partial charge on any atom is -0.493 e. The fourth-order valence-electron chi connectivity index (χ4n) is 4.11. The molecule has 2 aromatic carbocycles. The molecule has 0 fully saturated rings. The fraction of sp³-hybridized carbons (Fsp3) is 0.154. The van der Waals surface area contributed by atoms with Gasteiger partial charge >= 0.3 is 29.9 Å². The molecule has 44 heavy (non-hydrogen) atoms. The van der Waals surface area contributed by atoms with Gasteiger partial charge in [-0.05, 0) is 6.07 Å². The summed E-state index contributed by atoms with van der Waals surface area (Å²) < 4.78 is 40.1. The lowest BCUT2D eigenvalue weighted by Gasteiger charge is -2.16. The Hall–Kier alpha value is -5.36. The second kappa shape index (κ2) is 12.9. The van der Waals surface area contributed by atoms with Gasteiger partial charge in [0.25, 0.3) is 0 Å². The number of benzene rings is 2. The van der Waals surface area contributed by atoms with Crippen molar-refractivity contribution in [1.29, 1.82) is 0 Å². The number of carboxylic acid groups (broad SMARTS) is 4. The zero-order chi connectivity index (χ0) is 32.3. The van der Waals surface area contributed by atoms with Crippen LogP contribution in [-0.2, 0) is 25.8 Å². The number of aromatic nitrogens is 1. The Morgan fingerprint density at radius 3 is 2.11 bits per heavy atom. The van der Waals surface area contributed by atoms with Gasteiger partial charge in [-0.3, -0.25) is 19.2 Å². The van der Waals surface area contributed by atoms with Crippen LogP contribution in [0.1, 0.15) is 27.8 Å². The Balaban J connectivity index is 1.63. The number of hydrogen-bond acceptors (Lipinski definition) is 10. The number of hydrogen-bond donors (Lipinski definition) is 6. The van der Waals surface area contributed by atoms with E-state index in [-0.39, 0.29) is 18.1 Å². The number of amides is 2. The summed E-state index contributed by atoms with van der Waals surface area (Å²) in [5, 5.41) is 43.0. The summed E-state index contributed by atoms with van der Waals surface area (Å²) in [6.45, 7) is -0.157. The first-order valence-electron chi connectivity index (χ1n) is 11.9. The quantitative estimate of drug-likeness (QED) is 0.118. The lowest BCUT2D eigenvalue weighted by molar-refractivity contribution is -0.152. The van der Waals surface area contributed by atoms with Crippen LogP contribution < -0.4 is 20.1 Å². The van der Waals surface area contributed by atoms with E-state index in [0.717, 1.165) is 28.8 Å². The van der Waals surface area contributed by atoms with E-state index in [1.54, 1.807) is 0 Å². The molecule has 0 unspecified atom stereocenters. The Kier molecular flexibility index (Phi) is 9.24. The third-order valence-electron chi connectivity index (χ3n) is 6.05. The van der Waals surface area contributed by atoms with Crippen LogP contribution in [0.4, 0.5) is 25.0 Å². The second-order valence-corrected chi connectivity index (χ2v) is 10.5. The van der Waals surface area contributed by atoms with E-state index in [0.29, 0.717) is 27.1 Å². The minimum atomic E-state index is -2.46. The van der Waals surface area contributed by atoms with Crippen molar-refractivity contribution in [1.82, 2.24) is 4.98 Å². The van der Waals surface area contributed by atoms with Crippen LogP contribution in [0.15, 0.2) is 35.2 Å². The number of rotatable bonds is 12. The van der Waals surface area contributed by atoms with Crippen LogP contribution in [0.2, 0.25) is 0 Å². The topological polar surface area (TPSA) is 222 Å². The van der Waals surface area contributed by atoms with Crippen LogP contribution in [-0.4, -0.2) is 62.4 Å². The molecule has 14 nitrogen and oxygen atoms in total. The number of aliphatic carboxylic acids is 4. The van der Waals surface area contributed by atoms with Crippen molar-refractivity contribution in [3.05, 3.63) is 62.8 Å². The third kappa shape index (κ3) is 6.35. The summed E-state index contributed by atoms with van der Waals surface area (Å²) in [6, 6.07) is 3.39. The number of thiophene rings is 1. The van der Waals surface area contributed by atoms with Gasteiger partial charge in [-0.25, -0.2) is 18.6 Å². The lowest BCUT2D eigenvalue weighted by atomic mass is 9.93. The highest BCUT2D eigenvalue weighted by Gasteiger charge is 2.40. The Bertz CT molecular complexity index is 1780. The number of anilines is 2. The molecule has 4 aromatic rings. The van der Waals surface area contributed by atoms with E-state index in [1.807, 2.05) is 0 Å². The summed E-state index contributed by atoms with van der Waals surface area (Å²) in [5.41, 5.74) is 0.515. The molecule has 2 heterocycles. The maximum atomic E-state index is 14.9. The van der Waals surface area contributed by atoms with E-state index in [2.05, 4.69) is 15.6 Å². The number of thiazole rings is 1. The molecular formula is C26H19F2N3O11S2. The standard InChI is InChI=1S/C26H19F2N3O11S2/c1-41-14-4-11(28)12(5-15(14)42-6-9-2-3-10(27)20-19(9)29-8-44-20)30-26(40)31-13-7-43-21(18(24(36)37)25(38)39)16(13)17(22(32)33)23(34)35/h2-5,7-8,17-18H,6H2,1H3,(H,32,33)(H,34,35)(H,36,37)(H,38,39)(H2,30,31,40). The monoisotopic (exact) mass is 651 g/mol. The van der Waals surface area contributed by atoms with E-state index >= 15 is 0 Å². The first-order chi connectivity index (χ1) is 20.8. The van der Waals surface area contributed by atoms with Crippen molar-refractivity contribution >= 4 is 74.2 Å². The van der Waals surface area contributed by atoms with Crippen LogP contribution in [0.25, 0.3) is 10.2 Å². The van der Waals surface area contributed by atoms with Crippen LogP contribution in [0.3, 0.4) is 0 Å². The molecular weight excluding hydrogens is 632 g/mol. The van der Waals surface area contributed by atoms with Crippen LogP contribution in [0, 0.1) is 11.6 Å². The smallest absolute Gasteiger partial charge is 0.323 e. The summed E-state index contributed by atoms with van der Waals surface area (Å²) in [6.07, 6.45) is 0. The van der Waals surface area contributed by atoms with Crippen molar-refractivity contribution in [2.45, 2.75) is 18.4 Å². The van der Waals surface area contributed by atoms with Crippen molar-refractivity contribution in [3.63, 3.8) is 0 Å². The van der Waals surface area contributed by atoms with Crippen molar-refractivity contribution < 1.29 is 62.7 Å². The minimum absolute atomic E-state index is 0.0574. The predicted molar refractivity (Wildman–Crippen MR) is 150 cm³/mol. The van der Waals surface area contributed by atoms with Gasteiger partial charge in [0.1, 0.15) is 12.4 Å². The summed E-state index contributed by atoms with van der Waals surface area (Å²) in [7, 11) is 1.23. The van der Waals surface area contributed by atoms with Gasteiger partial charge in [0, 0.05) is 33.5 Å². The maximum Gasteiger partial charge on any atom is 0.323 e. The predicted octanol–water partition coefficient (Wildman–Crippen LogP) is 4.37. The Labute approximate surface area is 252 Å². The molecule has 0 aliphatic rings. The number of carbonyl (C=O) groups excluding carboxylic acids is 1. The van der Waals surface area contributed by atoms with E-state index in [4.69, 9.17) is 9.47 Å². The molecule has 0 atom stereocenters. The zero-order valence-electron chi connectivity index (χ0n) is 22.0. The molecule has 0 bridgehead atoms. The fourth-order valence-corrected chi connectivity index (χ4v) is 5.97. The number of nitrogens with zero attached hydrogens (tertiary/aromatic N) is 1. The molecule has 0 radical (unpaired) electrons. The SMILES string of the molecule is COc1cc(F)c(NC(=O)Nc2csc(C(C(=O)O)C(=O)O)c2C(C(=O)O)C(=O)O)cc1OCc1ccc(F)c2scnc12. The van der Waals surface area contributed by atoms with Crippen LogP contribution in [0.5, 0.6) is 11.5 Å². The highest BCUT2D eigenvalue weighted by molar-refractivity contribution is 7.16. The van der Waals surface area contributed by atoms with E-state index < -0.39 is 75.2 Å². The number of methoxy groups -OCH3 is 1. The molecule has 0 aliphatic carbocycles. The third-order valence-corrected chi connectivity index (χ3v) is 7.95. The van der Waals surface area contributed by atoms with Gasteiger partial charge < -0.3 is 40.5 Å². The molecule has 4 rings (SSSR count). The summed E-state index contributed by atoms with van der Waals surface area (Å²) in [5.74, 6) is -14.2. The van der Waals surface area contributed by atoms with Crippen molar-refractivity contribution in [3.8, 4) is 11.5 Å². The second-order valence-electron chi connectivity index (χ2n) is 8.73. The molecule has 0 saturated heterocycles. The van der Waals surface area contributed by atoms with Gasteiger partial charge in [0.2, 0.25) is 0 Å².